The Labute approximate surface area is 111 Å². The first-order chi connectivity index (χ1) is 8.53. The summed E-state index contributed by atoms with van der Waals surface area (Å²) < 4.78 is 0. The molecule has 0 aromatic heterocycles. The van der Waals surface area contributed by atoms with E-state index in [0.29, 0.717) is 0 Å². The maximum absolute atomic E-state index is 9.07. The van der Waals surface area contributed by atoms with Crippen molar-refractivity contribution in [2.45, 2.75) is 31.7 Å². The van der Waals surface area contributed by atoms with Gasteiger partial charge >= 0.3 is 0 Å². The standard InChI is InChI=1S/C15H26N2O/c1-15(16,13-18)10-6-11-17(2)12-9-14-7-4-3-5-8-14/h3-5,7-8,18H,6,9-13,16H2,1-2H3. The van der Waals surface area contributed by atoms with Gasteiger partial charge in [0.1, 0.15) is 0 Å². The zero-order valence-corrected chi connectivity index (χ0v) is 11.6. The molecule has 0 saturated heterocycles. The van der Waals surface area contributed by atoms with Crippen LogP contribution in [0, 0.1) is 0 Å². The van der Waals surface area contributed by atoms with Gasteiger partial charge in [-0.15, -0.1) is 0 Å². The number of hydrogen-bond donors (Lipinski definition) is 2. The number of likely N-dealkylation sites (N-methyl/N-ethyl adjacent to an activating group) is 1. The van der Waals surface area contributed by atoms with Crippen LogP contribution in [0.25, 0.3) is 0 Å². The number of rotatable bonds is 8. The molecule has 0 aliphatic carbocycles. The fourth-order valence-electron chi connectivity index (χ4n) is 1.91. The molecule has 3 N–H and O–H groups in total. The Morgan fingerprint density at radius 1 is 1.22 bits per heavy atom. The van der Waals surface area contributed by atoms with Crippen LogP contribution in [0.4, 0.5) is 0 Å². The minimum atomic E-state index is -0.430. The van der Waals surface area contributed by atoms with Gasteiger partial charge in [0.15, 0.2) is 0 Å². The summed E-state index contributed by atoms with van der Waals surface area (Å²) in [6, 6.07) is 10.5. The third-order valence-corrected chi connectivity index (χ3v) is 3.27. The molecular formula is C15H26N2O. The monoisotopic (exact) mass is 250 g/mol. The van der Waals surface area contributed by atoms with Gasteiger partial charge in [0.2, 0.25) is 0 Å². The Hall–Kier alpha value is -0.900. The lowest BCUT2D eigenvalue weighted by molar-refractivity contribution is 0.192. The molecule has 0 amide bonds. The van der Waals surface area contributed by atoms with Gasteiger partial charge in [-0.3, -0.25) is 0 Å². The van der Waals surface area contributed by atoms with Crippen molar-refractivity contribution in [3.05, 3.63) is 35.9 Å². The van der Waals surface area contributed by atoms with Crippen molar-refractivity contribution in [2.24, 2.45) is 5.73 Å². The molecule has 0 spiro atoms. The Kier molecular flexibility index (Phi) is 6.33. The molecule has 102 valence electrons. The van der Waals surface area contributed by atoms with Crippen molar-refractivity contribution < 1.29 is 5.11 Å². The fourth-order valence-corrected chi connectivity index (χ4v) is 1.91. The first-order valence-electron chi connectivity index (χ1n) is 6.66. The van der Waals surface area contributed by atoms with Crippen LogP contribution in [0.2, 0.25) is 0 Å². The number of aliphatic hydroxyl groups is 1. The summed E-state index contributed by atoms with van der Waals surface area (Å²) in [5.74, 6) is 0. The highest BCUT2D eigenvalue weighted by Gasteiger charge is 2.16. The van der Waals surface area contributed by atoms with Crippen molar-refractivity contribution in [3.8, 4) is 0 Å². The Morgan fingerprint density at radius 2 is 1.89 bits per heavy atom. The molecule has 3 nitrogen and oxygen atoms in total. The van der Waals surface area contributed by atoms with E-state index in [2.05, 4.69) is 36.2 Å². The molecule has 18 heavy (non-hydrogen) atoms. The zero-order chi connectivity index (χ0) is 13.4. The molecule has 0 aliphatic rings. The summed E-state index contributed by atoms with van der Waals surface area (Å²) in [4.78, 5) is 2.32. The van der Waals surface area contributed by atoms with Crippen LogP contribution in [0.15, 0.2) is 30.3 Å². The number of nitrogens with two attached hydrogens (primary N) is 1. The third-order valence-electron chi connectivity index (χ3n) is 3.27. The minimum absolute atomic E-state index is 0.0563. The van der Waals surface area contributed by atoms with Gasteiger partial charge < -0.3 is 15.7 Å². The van der Waals surface area contributed by atoms with Crippen molar-refractivity contribution in [1.29, 1.82) is 0 Å². The predicted octanol–water partition coefficient (Wildman–Crippen LogP) is 1.65. The van der Waals surface area contributed by atoms with Gasteiger partial charge in [0.05, 0.1) is 6.61 Å². The normalized spacial score (nSPS) is 14.7. The second-order valence-corrected chi connectivity index (χ2v) is 5.45. The van der Waals surface area contributed by atoms with E-state index in [-0.39, 0.29) is 6.61 Å². The van der Waals surface area contributed by atoms with Crippen molar-refractivity contribution in [1.82, 2.24) is 4.90 Å². The van der Waals surface area contributed by atoms with Crippen LogP contribution in [0.5, 0.6) is 0 Å². The maximum Gasteiger partial charge on any atom is 0.0608 e. The molecule has 0 heterocycles. The molecule has 0 radical (unpaired) electrons. The third kappa shape index (κ3) is 6.15. The van der Waals surface area contributed by atoms with E-state index in [1.54, 1.807) is 0 Å². The largest absolute Gasteiger partial charge is 0.394 e. The second-order valence-electron chi connectivity index (χ2n) is 5.45. The first kappa shape index (κ1) is 15.2. The van der Waals surface area contributed by atoms with Crippen LogP contribution in [0.3, 0.4) is 0 Å². The van der Waals surface area contributed by atoms with Gasteiger partial charge in [-0.25, -0.2) is 0 Å². The summed E-state index contributed by atoms with van der Waals surface area (Å²) in [5, 5.41) is 9.07. The minimum Gasteiger partial charge on any atom is -0.394 e. The molecule has 1 aromatic rings. The smallest absolute Gasteiger partial charge is 0.0608 e. The molecule has 1 atom stereocenters. The maximum atomic E-state index is 9.07. The van der Waals surface area contributed by atoms with E-state index in [9.17, 15) is 0 Å². The van der Waals surface area contributed by atoms with Crippen LogP contribution in [-0.4, -0.2) is 42.3 Å². The van der Waals surface area contributed by atoms with Gasteiger partial charge in [-0.1, -0.05) is 30.3 Å². The quantitative estimate of drug-likeness (QED) is 0.737. The molecule has 1 unspecified atom stereocenters. The van der Waals surface area contributed by atoms with Crippen LogP contribution < -0.4 is 5.73 Å². The number of benzene rings is 1. The summed E-state index contributed by atoms with van der Waals surface area (Å²) in [7, 11) is 2.13. The summed E-state index contributed by atoms with van der Waals surface area (Å²) in [6.45, 7) is 4.04. The summed E-state index contributed by atoms with van der Waals surface area (Å²) >= 11 is 0. The molecule has 0 saturated carbocycles. The number of nitrogens with zero attached hydrogens (tertiary/aromatic N) is 1. The average Bonchev–Trinajstić information content (AvgIpc) is 2.37. The van der Waals surface area contributed by atoms with Crippen molar-refractivity contribution in [2.75, 3.05) is 26.7 Å². The van der Waals surface area contributed by atoms with E-state index in [1.165, 1.54) is 5.56 Å². The Bertz CT molecular complexity index is 325. The Balaban J connectivity index is 2.16. The van der Waals surface area contributed by atoms with Gasteiger partial charge in [-0.2, -0.15) is 0 Å². The lowest BCUT2D eigenvalue weighted by Crippen LogP contribution is -2.40. The lowest BCUT2D eigenvalue weighted by Gasteiger charge is -2.23. The van der Waals surface area contributed by atoms with Crippen molar-refractivity contribution >= 4 is 0 Å². The molecule has 3 heteroatoms. The number of aliphatic hydroxyl groups excluding tert-OH is 1. The van der Waals surface area contributed by atoms with Crippen LogP contribution in [0.1, 0.15) is 25.3 Å². The second kappa shape index (κ2) is 7.52. The first-order valence-corrected chi connectivity index (χ1v) is 6.66. The topological polar surface area (TPSA) is 49.5 Å². The number of hydrogen-bond acceptors (Lipinski definition) is 3. The molecular weight excluding hydrogens is 224 g/mol. The molecule has 1 rings (SSSR count). The van der Waals surface area contributed by atoms with Gasteiger partial charge in [0.25, 0.3) is 0 Å². The van der Waals surface area contributed by atoms with Crippen LogP contribution in [-0.2, 0) is 6.42 Å². The fraction of sp³-hybridized carbons (Fsp3) is 0.600. The molecule has 1 aromatic carbocycles. The highest BCUT2D eigenvalue weighted by atomic mass is 16.3. The summed E-state index contributed by atoms with van der Waals surface area (Å²) in [6.07, 6.45) is 2.97. The van der Waals surface area contributed by atoms with E-state index in [1.807, 2.05) is 13.0 Å². The van der Waals surface area contributed by atoms with E-state index < -0.39 is 5.54 Å². The van der Waals surface area contributed by atoms with Crippen molar-refractivity contribution in [3.63, 3.8) is 0 Å². The summed E-state index contributed by atoms with van der Waals surface area (Å²) in [5.41, 5.74) is 6.85. The van der Waals surface area contributed by atoms with Gasteiger partial charge in [0, 0.05) is 12.1 Å². The van der Waals surface area contributed by atoms with E-state index >= 15 is 0 Å². The molecule has 0 fully saturated rings. The van der Waals surface area contributed by atoms with E-state index in [4.69, 9.17) is 10.8 Å². The molecule has 0 aliphatic heterocycles. The predicted molar refractivity (Wildman–Crippen MR) is 76.6 cm³/mol. The van der Waals surface area contributed by atoms with Crippen LogP contribution >= 0.6 is 0 Å². The average molecular weight is 250 g/mol. The Morgan fingerprint density at radius 3 is 2.50 bits per heavy atom. The lowest BCUT2D eigenvalue weighted by atomic mass is 9.98. The molecule has 0 bridgehead atoms. The van der Waals surface area contributed by atoms with E-state index in [0.717, 1.165) is 32.4 Å². The van der Waals surface area contributed by atoms with Gasteiger partial charge in [-0.05, 0) is 45.3 Å². The highest BCUT2D eigenvalue weighted by molar-refractivity contribution is 5.14. The highest BCUT2D eigenvalue weighted by Crippen LogP contribution is 2.08. The SMILES string of the molecule is CN(CCCC(C)(N)CO)CCc1ccccc1. The zero-order valence-electron chi connectivity index (χ0n) is 11.6.